The molecule has 0 saturated carbocycles. The Morgan fingerprint density at radius 2 is 1.86 bits per heavy atom. The summed E-state index contributed by atoms with van der Waals surface area (Å²) in [6, 6.07) is 7.17. The van der Waals surface area contributed by atoms with Gasteiger partial charge in [0.1, 0.15) is 6.04 Å². The average molecular weight is 305 g/mol. The van der Waals surface area contributed by atoms with Crippen LogP contribution in [0, 0.1) is 0 Å². The van der Waals surface area contributed by atoms with Crippen LogP contribution in [0.25, 0.3) is 0 Å². The first kappa shape index (κ1) is 15.6. The van der Waals surface area contributed by atoms with Gasteiger partial charge < -0.3 is 9.73 Å². The van der Waals surface area contributed by atoms with E-state index in [-0.39, 0.29) is 17.9 Å². The lowest BCUT2D eigenvalue weighted by Gasteiger charge is -2.12. The number of benzene rings is 1. The molecular weight excluding hydrogens is 286 g/mol. The second kappa shape index (κ2) is 6.76. The molecule has 1 atom stereocenters. The van der Waals surface area contributed by atoms with Crippen molar-refractivity contribution in [2.75, 3.05) is 6.26 Å². The van der Waals surface area contributed by atoms with Gasteiger partial charge in [0.2, 0.25) is 11.8 Å². The van der Waals surface area contributed by atoms with Gasteiger partial charge in [-0.15, -0.1) is 22.0 Å². The van der Waals surface area contributed by atoms with Crippen LogP contribution >= 0.6 is 11.8 Å². The molecule has 1 aromatic carbocycles. The van der Waals surface area contributed by atoms with E-state index in [0.29, 0.717) is 17.3 Å². The maximum absolute atomic E-state index is 12.3. The second-order valence-electron chi connectivity index (χ2n) is 5.03. The first-order chi connectivity index (χ1) is 10.0. The average Bonchev–Trinajstić information content (AvgIpc) is 2.97. The summed E-state index contributed by atoms with van der Waals surface area (Å²) >= 11 is 1.54. The van der Waals surface area contributed by atoms with Crippen LogP contribution in [0.4, 0.5) is 0 Å². The summed E-state index contributed by atoms with van der Waals surface area (Å²) < 4.78 is 5.56. The number of carbonyl (C=O) groups is 1. The number of thioether (sulfide) groups is 1. The van der Waals surface area contributed by atoms with Crippen LogP contribution in [0.1, 0.15) is 54.9 Å². The van der Waals surface area contributed by atoms with Gasteiger partial charge in [-0.25, -0.2) is 0 Å². The van der Waals surface area contributed by atoms with Crippen LogP contribution in [-0.2, 0) is 0 Å². The molecule has 1 amide bonds. The van der Waals surface area contributed by atoms with Gasteiger partial charge in [0, 0.05) is 10.8 Å². The largest absolute Gasteiger partial charge is 0.423 e. The lowest BCUT2D eigenvalue weighted by Crippen LogP contribution is -2.27. The molecular formula is C15H19N3O2S. The summed E-state index contributed by atoms with van der Waals surface area (Å²) in [7, 11) is 0. The third-order valence-corrected chi connectivity index (χ3v) is 3.82. The second-order valence-corrected chi connectivity index (χ2v) is 5.88. The predicted molar refractivity (Wildman–Crippen MR) is 82.5 cm³/mol. The molecule has 2 aromatic rings. The van der Waals surface area contributed by atoms with Gasteiger partial charge in [0.25, 0.3) is 5.91 Å². The molecule has 0 fully saturated rings. The fourth-order valence-electron chi connectivity index (χ4n) is 1.82. The van der Waals surface area contributed by atoms with Crippen LogP contribution < -0.4 is 5.32 Å². The summed E-state index contributed by atoms with van der Waals surface area (Å²) in [5.41, 5.74) is 0.653. The molecule has 0 bridgehead atoms. The van der Waals surface area contributed by atoms with Crippen molar-refractivity contribution in [2.24, 2.45) is 0 Å². The van der Waals surface area contributed by atoms with Gasteiger partial charge in [-0.1, -0.05) is 26.0 Å². The lowest BCUT2D eigenvalue weighted by molar-refractivity contribution is 0.0931. The lowest BCUT2D eigenvalue weighted by atomic mass is 10.2. The molecule has 112 valence electrons. The Balaban J connectivity index is 2.11. The SMILES string of the molecule is CSc1ccccc1C(=O)N[C@H](C)c1nnc(C(C)C)o1. The number of nitrogens with zero attached hydrogens (tertiary/aromatic N) is 2. The third kappa shape index (κ3) is 3.64. The molecule has 1 heterocycles. The molecule has 2 rings (SSSR count). The Hall–Kier alpha value is -1.82. The molecule has 0 aliphatic heterocycles. The molecule has 5 nitrogen and oxygen atoms in total. The van der Waals surface area contributed by atoms with E-state index < -0.39 is 0 Å². The van der Waals surface area contributed by atoms with Crippen LogP contribution in [-0.4, -0.2) is 22.4 Å². The molecule has 21 heavy (non-hydrogen) atoms. The minimum atomic E-state index is -0.326. The van der Waals surface area contributed by atoms with Gasteiger partial charge in [-0.3, -0.25) is 4.79 Å². The normalized spacial score (nSPS) is 12.4. The zero-order chi connectivity index (χ0) is 15.4. The van der Waals surface area contributed by atoms with Gasteiger partial charge in [-0.05, 0) is 25.3 Å². The number of amides is 1. The maximum Gasteiger partial charge on any atom is 0.253 e. The summed E-state index contributed by atoms with van der Waals surface area (Å²) in [6.07, 6.45) is 1.95. The standard InChI is InChI=1S/C15H19N3O2S/c1-9(2)14-17-18-15(20-14)10(3)16-13(19)11-7-5-6-8-12(11)21-4/h5-10H,1-4H3,(H,16,19)/t10-/m1/s1. The molecule has 0 spiro atoms. The van der Waals surface area contributed by atoms with E-state index in [0.717, 1.165) is 4.90 Å². The topological polar surface area (TPSA) is 68.0 Å². The predicted octanol–water partition coefficient (Wildman–Crippen LogP) is 3.41. The summed E-state index contributed by atoms with van der Waals surface area (Å²) in [4.78, 5) is 13.3. The van der Waals surface area contributed by atoms with E-state index in [1.54, 1.807) is 17.8 Å². The number of nitrogens with one attached hydrogen (secondary N) is 1. The Morgan fingerprint density at radius 1 is 1.19 bits per heavy atom. The molecule has 0 aliphatic carbocycles. The zero-order valence-electron chi connectivity index (χ0n) is 12.6. The van der Waals surface area contributed by atoms with Crippen molar-refractivity contribution in [1.29, 1.82) is 0 Å². The Morgan fingerprint density at radius 3 is 2.48 bits per heavy atom. The summed E-state index contributed by atoms with van der Waals surface area (Å²) in [5, 5.41) is 10.9. The van der Waals surface area contributed by atoms with Crippen LogP contribution in [0.3, 0.4) is 0 Å². The smallest absolute Gasteiger partial charge is 0.253 e. The molecule has 0 saturated heterocycles. The van der Waals surface area contributed by atoms with E-state index in [1.807, 2.05) is 45.2 Å². The van der Waals surface area contributed by atoms with Crippen molar-refractivity contribution in [1.82, 2.24) is 15.5 Å². The monoisotopic (exact) mass is 305 g/mol. The maximum atomic E-state index is 12.3. The van der Waals surface area contributed by atoms with Crippen LogP contribution in [0.5, 0.6) is 0 Å². The first-order valence-corrected chi connectivity index (χ1v) is 8.02. The molecule has 0 aliphatic rings. The summed E-state index contributed by atoms with van der Waals surface area (Å²) in [5.74, 6) is 1.03. The quantitative estimate of drug-likeness (QED) is 0.857. The van der Waals surface area contributed by atoms with E-state index in [1.165, 1.54) is 0 Å². The Kier molecular flexibility index (Phi) is 5.01. The number of aromatic nitrogens is 2. The number of hydrogen-bond donors (Lipinski definition) is 1. The molecule has 1 aromatic heterocycles. The highest BCUT2D eigenvalue weighted by molar-refractivity contribution is 7.98. The number of rotatable bonds is 5. The van der Waals surface area contributed by atoms with Gasteiger partial charge in [0.15, 0.2) is 0 Å². The highest BCUT2D eigenvalue weighted by Crippen LogP contribution is 2.21. The fourth-order valence-corrected chi connectivity index (χ4v) is 2.42. The van der Waals surface area contributed by atoms with E-state index >= 15 is 0 Å². The first-order valence-electron chi connectivity index (χ1n) is 6.80. The highest BCUT2D eigenvalue weighted by atomic mass is 32.2. The van der Waals surface area contributed by atoms with E-state index in [9.17, 15) is 4.79 Å². The van der Waals surface area contributed by atoms with Crippen molar-refractivity contribution in [3.05, 3.63) is 41.6 Å². The third-order valence-electron chi connectivity index (χ3n) is 3.02. The van der Waals surface area contributed by atoms with Crippen molar-refractivity contribution in [3.63, 3.8) is 0 Å². The number of hydrogen-bond acceptors (Lipinski definition) is 5. The molecule has 0 unspecified atom stereocenters. The molecule has 0 radical (unpaired) electrons. The van der Waals surface area contributed by atoms with Crippen molar-refractivity contribution in [3.8, 4) is 0 Å². The fraction of sp³-hybridized carbons (Fsp3) is 0.400. The van der Waals surface area contributed by atoms with Gasteiger partial charge in [0.05, 0.1) is 5.56 Å². The van der Waals surface area contributed by atoms with Crippen LogP contribution in [0.15, 0.2) is 33.6 Å². The van der Waals surface area contributed by atoms with Crippen LogP contribution in [0.2, 0.25) is 0 Å². The zero-order valence-corrected chi connectivity index (χ0v) is 13.4. The number of carbonyl (C=O) groups excluding carboxylic acids is 1. The van der Waals surface area contributed by atoms with Crippen molar-refractivity contribution >= 4 is 17.7 Å². The Bertz CT molecular complexity index is 625. The minimum absolute atomic E-state index is 0.142. The van der Waals surface area contributed by atoms with E-state index in [2.05, 4.69) is 15.5 Å². The molecule has 6 heteroatoms. The van der Waals surface area contributed by atoms with Gasteiger partial charge >= 0.3 is 0 Å². The highest BCUT2D eigenvalue weighted by Gasteiger charge is 2.19. The summed E-state index contributed by atoms with van der Waals surface area (Å²) in [6.45, 7) is 5.79. The van der Waals surface area contributed by atoms with Crippen molar-refractivity contribution in [2.45, 2.75) is 37.6 Å². The minimum Gasteiger partial charge on any atom is -0.423 e. The van der Waals surface area contributed by atoms with E-state index in [4.69, 9.17) is 4.42 Å². The van der Waals surface area contributed by atoms with Crippen molar-refractivity contribution < 1.29 is 9.21 Å². The Labute approximate surface area is 128 Å². The van der Waals surface area contributed by atoms with Gasteiger partial charge in [-0.2, -0.15) is 0 Å². The molecule has 1 N–H and O–H groups in total.